The molecule has 2 aliphatic heterocycles. The van der Waals surface area contributed by atoms with E-state index in [2.05, 4.69) is 52.5 Å². The van der Waals surface area contributed by atoms with Gasteiger partial charge in [-0.05, 0) is 118 Å². The van der Waals surface area contributed by atoms with Crippen LogP contribution in [0.5, 0.6) is 0 Å². The number of aryl methyl sites for hydroxylation is 3. The van der Waals surface area contributed by atoms with Crippen LogP contribution in [0.2, 0.25) is 0 Å². The van der Waals surface area contributed by atoms with E-state index in [0.29, 0.717) is 52.4 Å². The number of halogens is 2. The quantitative estimate of drug-likeness (QED) is 0.175. The van der Waals surface area contributed by atoms with Crippen LogP contribution in [-0.4, -0.2) is 56.7 Å². The highest BCUT2D eigenvalue weighted by molar-refractivity contribution is 7.97. The first-order chi connectivity index (χ1) is 25.4. The summed E-state index contributed by atoms with van der Waals surface area (Å²) in [6.07, 6.45) is 7.34. The molecule has 1 fully saturated rings. The summed E-state index contributed by atoms with van der Waals surface area (Å²) in [6, 6.07) is 15.8. The number of H-pyrrole nitrogens is 1. The van der Waals surface area contributed by atoms with Crippen LogP contribution >= 0.6 is 11.9 Å². The lowest BCUT2D eigenvalue weighted by atomic mass is 9.83. The van der Waals surface area contributed by atoms with Crippen LogP contribution in [0.1, 0.15) is 60.6 Å². The zero-order chi connectivity index (χ0) is 36.8. The largest absolute Gasteiger partial charge is 0.376 e. The van der Waals surface area contributed by atoms with Gasteiger partial charge in [0.25, 0.3) is 0 Å². The lowest BCUT2D eigenvalue weighted by Gasteiger charge is -2.35. The van der Waals surface area contributed by atoms with E-state index >= 15 is 4.39 Å². The average molecular weight is 735 g/mol. The first-order valence-electron chi connectivity index (χ1n) is 17.9. The van der Waals surface area contributed by atoms with Gasteiger partial charge in [0.2, 0.25) is 0 Å². The van der Waals surface area contributed by atoms with Gasteiger partial charge < -0.3 is 9.72 Å². The predicted molar refractivity (Wildman–Crippen MR) is 202 cm³/mol. The van der Waals surface area contributed by atoms with Crippen molar-refractivity contribution in [2.75, 3.05) is 13.2 Å². The molecular formula is C40H40F2N8O2S. The number of hydrogen-bond acceptors (Lipinski definition) is 6. The Hall–Kier alpha value is -4.98. The van der Waals surface area contributed by atoms with Crippen molar-refractivity contribution in [3.05, 3.63) is 117 Å². The van der Waals surface area contributed by atoms with Crippen LogP contribution in [0, 0.1) is 25.5 Å². The maximum absolute atomic E-state index is 15.8. The Bertz CT molecular complexity index is 2610. The number of ether oxygens (including phenoxy) is 1. The molecule has 272 valence electrons. The van der Waals surface area contributed by atoms with Gasteiger partial charge >= 0.3 is 5.69 Å². The summed E-state index contributed by atoms with van der Waals surface area (Å²) < 4.78 is 45.0. The number of aromatic amines is 1. The molecule has 7 aromatic rings. The van der Waals surface area contributed by atoms with E-state index in [0.717, 1.165) is 47.8 Å². The normalized spacial score (nSPS) is 17.6. The molecule has 13 heteroatoms. The van der Waals surface area contributed by atoms with Crippen molar-refractivity contribution >= 4 is 33.8 Å². The Morgan fingerprint density at radius 2 is 1.79 bits per heavy atom. The summed E-state index contributed by atoms with van der Waals surface area (Å²) in [5, 5.41) is 11.7. The molecule has 0 radical (unpaired) electrons. The number of rotatable bonds is 6. The standard InChI is InChI=1S/C40H40F2N8O2S/c1-23-16-28(17-24(2)36(23)41)50-38(49-14-13-48(39(49)51)34-9-8-33-29(37(34)42)21-43-46(33)5)30-22-47(12-10-32(30)45-50)53-35-19-27-18-25(6-7-31(27)44-35)26-11-15-52-40(3,4)20-26/h6-9,13-14,16-19,21,26,44H,10-12,15,20,22H2,1-5H3. The Kier molecular flexibility index (Phi) is 8.02. The molecule has 1 saturated heterocycles. The monoisotopic (exact) mass is 734 g/mol. The molecule has 0 spiro atoms. The van der Waals surface area contributed by atoms with Crippen LogP contribution < -0.4 is 5.69 Å². The zero-order valence-corrected chi connectivity index (χ0v) is 31.1. The SMILES string of the molecule is Cc1cc(-n2nc3c(c2-n2ccn(-c4ccc5c(cnn5C)c4F)c2=O)CN(Sc2cc4cc(C5CCOC(C)(C)C5)ccc4[nH]2)CC3)cc(C)c1F. The van der Waals surface area contributed by atoms with Crippen LogP contribution in [0.15, 0.2) is 76.9 Å². The number of imidazole rings is 1. The summed E-state index contributed by atoms with van der Waals surface area (Å²) >= 11 is 1.64. The summed E-state index contributed by atoms with van der Waals surface area (Å²) in [5.74, 6) is 0.205. The molecule has 1 N–H and O–H groups in total. The Labute approximate surface area is 309 Å². The zero-order valence-electron chi connectivity index (χ0n) is 30.3. The van der Waals surface area contributed by atoms with E-state index in [9.17, 15) is 9.18 Å². The van der Waals surface area contributed by atoms with Gasteiger partial charge in [0.05, 0.1) is 44.8 Å². The molecule has 2 aliphatic rings. The lowest BCUT2D eigenvalue weighted by molar-refractivity contribution is -0.0592. The van der Waals surface area contributed by atoms with Gasteiger partial charge in [-0.25, -0.2) is 22.6 Å². The van der Waals surface area contributed by atoms with Crippen LogP contribution in [0.3, 0.4) is 0 Å². The fourth-order valence-electron chi connectivity index (χ4n) is 8.06. The fraction of sp³-hybridized carbons (Fsp3) is 0.325. The van der Waals surface area contributed by atoms with E-state index in [1.54, 1.807) is 78.9 Å². The number of nitrogens with zero attached hydrogens (tertiary/aromatic N) is 7. The van der Waals surface area contributed by atoms with E-state index in [4.69, 9.17) is 9.84 Å². The van der Waals surface area contributed by atoms with Crippen molar-refractivity contribution in [3.8, 4) is 17.2 Å². The Morgan fingerprint density at radius 3 is 2.58 bits per heavy atom. The first kappa shape index (κ1) is 33.8. The van der Waals surface area contributed by atoms with Crippen molar-refractivity contribution in [1.29, 1.82) is 0 Å². The minimum atomic E-state index is -0.527. The van der Waals surface area contributed by atoms with Crippen molar-refractivity contribution in [2.45, 2.75) is 70.0 Å². The van der Waals surface area contributed by atoms with Gasteiger partial charge in [-0.2, -0.15) is 10.2 Å². The van der Waals surface area contributed by atoms with Crippen LogP contribution in [-0.2, 0) is 24.8 Å². The third kappa shape index (κ3) is 5.81. The fourth-order valence-corrected chi connectivity index (χ4v) is 9.05. The maximum atomic E-state index is 15.8. The molecule has 0 aliphatic carbocycles. The number of fused-ring (bicyclic) bond motifs is 3. The van der Waals surface area contributed by atoms with Crippen LogP contribution in [0.4, 0.5) is 8.78 Å². The van der Waals surface area contributed by atoms with Gasteiger partial charge in [0.15, 0.2) is 5.82 Å². The third-order valence-corrected chi connectivity index (χ3v) is 11.8. The first-order valence-corrected chi connectivity index (χ1v) is 18.7. The Morgan fingerprint density at radius 1 is 1.00 bits per heavy atom. The second kappa shape index (κ2) is 12.6. The molecule has 53 heavy (non-hydrogen) atoms. The molecule has 10 nitrogen and oxygen atoms in total. The number of aromatic nitrogens is 7. The smallest absolute Gasteiger partial charge is 0.338 e. The molecule has 0 amide bonds. The van der Waals surface area contributed by atoms with Gasteiger partial charge in [-0.3, -0.25) is 13.8 Å². The third-order valence-electron chi connectivity index (χ3n) is 10.8. The molecular weight excluding hydrogens is 695 g/mol. The Balaban J connectivity index is 1.08. The topological polar surface area (TPSA) is 90.8 Å². The number of nitrogens with one attached hydrogen (secondary N) is 1. The summed E-state index contributed by atoms with van der Waals surface area (Å²) in [7, 11) is 1.75. The molecule has 1 atom stereocenters. The van der Waals surface area contributed by atoms with E-state index in [1.807, 2.05) is 0 Å². The lowest BCUT2D eigenvalue weighted by Crippen LogP contribution is -2.32. The highest BCUT2D eigenvalue weighted by Crippen LogP contribution is 2.38. The van der Waals surface area contributed by atoms with Gasteiger partial charge in [-0.1, -0.05) is 6.07 Å². The molecule has 9 rings (SSSR count). The molecule has 0 bridgehead atoms. The molecule has 6 heterocycles. The maximum Gasteiger partial charge on any atom is 0.338 e. The van der Waals surface area contributed by atoms with Crippen molar-refractivity contribution in [3.63, 3.8) is 0 Å². The molecule has 0 saturated carbocycles. The summed E-state index contributed by atoms with van der Waals surface area (Å²) in [4.78, 5) is 17.9. The minimum Gasteiger partial charge on any atom is -0.376 e. The highest BCUT2D eigenvalue weighted by Gasteiger charge is 2.31. The highest BCUT2D eigenvalue weighted by atomic mass is 32.2. The van der Waals surface area contributed by atoms with Crippen molar-refractivity contribution in [1.82, 2.24) is 38.0 Å². The van der Waals surface area contributed by atoms with Crippen molar-refractivity contribution in [2.24, 2.45) is 7.05 Å². The van der Waals surface area contributed by atoms with E-state index < -0.39 is 11.5 Å². The minimum absolute atomic E-state index is 0.122. The van der Waals surface area contributed by atoms with Gasteiger partial charge in [-0.15, -0.1) is 0 Å². The van der Waals surface area contributed by atoms with E-state index in [1.165, 1.54) is 26.3 Å². The molecule has 4 aromatic heterocycles. The molecule has 1 unspecified atom stereocenters. The van der Waals surface area contributed by atoms with Gasteiger partial charge in [0.1, 0.15) is 11.6 Å². The summed E-state index contributed by atoms with van der Waals surface area (Å²) in [5.41, 5.74) is 5.96. The number of hydrogen-bond donors (Lipinski definition) is 1. The second-order valence-electron chi connectivity index (χ2n) is 15.0. The van der Waals surface area contributed by atoms with E-state index in [-0.39, 0.29) is 17.1 Å². The molecule has 3 aromatic carbocycles. The number of benzene rings is 3. The van der Waals surface area contributed by atoms with Crippen molar-refractivity contribution < 1.29 is 13.5 Å². The average Bonchev–Trinajstić information content (AvgIpc) is 3.90. The van der Waals surface area contributed by atoms with Crippen LogP contribution in [0.25, 0.3) is 39.0 Å². The van der Waals surface area contributed by atoms with Gasteiger partial charge in [0, 0.05) is 62.0 Å². The predicted octanol–water partition coefficient (Wildman–Crippen LogP) is 7.81. The summed E-state index contributed by atoms with van der Waals surface area (Å²) in [6.45, 7) is 9.78. The second-order valence-corrected chi connectivity index (χ2v) is 16.1.